The number of carbonyl (C=O) groups excluding carboxylic acids is 3. The van der Waals surface area contributed by atoms with Crippen LogP contribution in [0.5, 0.6) is 0 Å². The van der Waals surface area contributed by atoms with Crippen molar-refractivity contribution in [1.29, 1.82) is 0 Å². The third-order valence-corrected chi connectivity index (χ3v) is 4.65. The van der Waals surface area contributed by atoms with E-state index in [9.17, 15) is 14.4 Å². The molecule has 0 aliphatic carbocycles. The quantitative estimate of drug-likeness (QED) is 0.829. The molecule has 7 heteroatoms. The Kier molecular flexibility index (Phi) is 3.21. The minimum atomic E-state index is -0.551. The molecular weight excluding hydrogens is 278 g/mol. The van der Waals surface area contributed by atoms with Crippen LogP contribution in [0.15, 0.2) is 17.5 Å². The lowest BCUT2D eigenvalue weighted by Gasteiger charge is -2.36. The molecule has 2 aliphatic rings. The van der Waals surface area contributed by atoms with Crippen LogP contribution in [0.25, 0.3) is 0 Å². The van der Waals surface area contributed by atoms with Crippen LogP contribution in [0.1, 0.15) is 16.1 Å². The van der Waals surface area contributed by atoms with E-state index in [1.807, 2.05) is 11.4 Å². The van der Waals surface area contributed by atoms with Gasteiger partial charge in [-0.2, -0.15) is 0 Å². The van der Waals surface area contributed by atoms with Crippen LogP contribution in [0.4, 0.5) is 0 Å². The van der Waals surface area contributed by atoms with Crippen molar-refractivity contribution in [3.63, 3.8) is 0 Å². The molecule has 2 atom stereocenters. The summed E-state index contributed by atoms with van der Waals surface area (Å²) in [4.78, 5) is 39.8. The number of thiophene rings is 1. The molecule has 1 aromatic rings. The van der Waals surface area contributed by atoms with Crippen LogP contribution in [-0.4, -0.2) is 59.7 Å². The molecule has 1 aromatic heterocycles. The second kappa shape index (κ2) is 4.90. The van der Waals surface area contributed by atoms with Crippen LogP contribution >= 0.6 is 11.3 Å². The largest absolute Gasteiger partial charge is 0.346 e. The molecule has 0 unspecified atom stereocenters. The lowest BCUT2D eigenvalue weighted by atomic mass is 10.1. The molecule has 0 spiro atoms. The van der Waals surface area contributed by atoms with E-state index in [2.05, 4.69) is 5.32 Å². The number of nitrogens with zero attached hydrogens (tertiary/aromatic N) is 2. The number of rotatable bonds is 2. The number of likely N-dealkylation sites (N-methyl/N-ethyl adjacent to an activating group) is 1. The lowest BCUT2D eigenvalue weighted by Crippen LogP contribution is -2.61. The summed E-state index contributed by atoms with van der Waals surface area (Å²) < 4.78 is 0. The summed E-state index contributed by atoms with van der Waals surface area (Å²) in [6.07, 6.45) is 0.618. The van der Waals surface area contributed by atoms with E-state index >= 15 is 0 Å². The minimum Gasteiger partial charge on any atom is -0.346 e. The van der Waals surface area contributed by atoms with E-state index in [0.717, 1.165) is 0 Å². The Morgan fingerprint density at radius 2 is 2.25 bits per heavy atom. The SMILES string of the molecule is CN1CC(=O)N2CC[C@H](NC(=O)c3cccs3)[C@H]2C1=O. The number of amides is 3. The second-order valence-corrected chi connectivity index (χ2v) is 6.02. The molecule has 20 heavy (non-hydrogen) atoms. The standard InChI is InChI=1S/C13H15N3O3S/c1-15-7-10(17)16-5-4-8(11(16)13(15)19)14-12(18)9-3-2-6-20-9/h2-3,6,8,11H,4-5,7H2,1H3,(H,14,18)/t8-,11-/m0/s1. The van der Waals surface area contributed by atoms with E-state index in [-0.39, 0.29) is 30.3 Å². The molecule has 2 fully saturated rings. The molecule has 1 N–H and O–H groups in total. The van der Waals surface area contributed by atoms with Gasteiger partial charge in [0.2, 0.25) is 11.8 Å². The van der Waals surface area contributed by atoms with Gasteiger partial charge in [-0.05, 0) is 17.9 Å². The molecule has 3 heterocycles. The van der Waals surface area contributed by atoms with Gasteiger partial charge >= 0.3 is 0 Å². The van der Waals surface area contributed by atoms with Crippen molar-refractivity contribution >= 4 is 29.1 Å². The van der Waals surface area contributed by atoms with Gasteiger partial charge in [0.1, 0.15) is 6.04 Å². The molecule has 3 amide bonds. The van der Waals surface area contributed by atoms with Gasteiger partial charge in [0, 0.05) is 13.6 Å². The molecule has 2 saturated heterocycles. The smallest absolute Gasteiger partial charge is 0.261 e. The van der Waals surface area contributed by atoms with Gasteiger partial charge in [0.05, 0.1) is 17.5 Å². The van der Waals surface area contributed by atoms with Crippen molar-refractivity contribution in [1.82, 2.24) is 15.1 Å². The monoisotopic (exact) mass is 293 g/mol. The van der Waals surface area contributed by atoms with Crippen LogP contribution in [0.3, 0.4) is 0 Å². The number of carbonyl (C=O) groups is 3. The van der Waals surface area contributed by atoms with Crippen molar-refractivity contribution in [3.05, 3.63) is 22.4 Å². The predicted octanol–water partition coefficient (Wildman–Crippen LogP) is -0.0806. The Bertz CT molecular complexity index is 557. The number of hydrogen-bond donors (Lipinski definition) is 1. The first kappa shape index (κ1) is 13.1. The number of nitrogens with one attached hydrogen (secondary N) is 1. The fourth-order valence-corrected chi connectivity index (χ4v) is 3.40. The van der Waals surface area contributed by atoms with Crippen molar-refractivity contribution in [3.8, 4) is 0 Å². The predicted molar refractivity (Wildman–Crippen MR) is 73.3 cm³/mol. The third kappa shape index (κ3) is 2.07. The normalized spacial score (nSPS) is 25.9. The summed E-state index contributed by atoms with van der Waals surface area (Å²) in [5.41, 5.74) is 0. The fourth-order valence-electron chi connectivity index (χ4n) is 2.77. The van der Waals surface area contributed by atoms with E-state index in [4.69, 9.17) is 0 Å². The van der Waals surface area contributed by atoms with Gasteiger partial charge in [-0.3, -0.25) is 14.4 Å². The van der Waals surface area contributed by atoms with Crippen molar-refractivity contribution < 1.29 is 14.4 Å². The summed E-state index contributed by atoms with van der Waals surface area (Å²) in [6.45, 7) is 0.652. The van der Waals surface area contributed by atoms with Crippen LogP contribution in [-0.2, 0) is 9.59 Å². The van der Waals surface area contributed by atoms with Gasteiger partial charge in [0.15, 0.2) is 0 Å². The van der Waals surface area contributed by atoms with Crippen LogP contribution in [0, 0.1) is 0 Å². The van der Waals surface area contributed by atoms with Crippen molar-refractivity contribution in [2.24, 2.45) is 0 Å². The van der Waals surface area contributed by atoms with Crippen molar-refractivity contribution in [2.45, 2.75) is 18.5 Å². The summed E-state index contributed by atoms with van der Waals surface area (Å²) in [5.74, 6) is -0.330. The zero-order valence-electron chi connectivity index (χ0n) is 11.0. The maximum atomic E-state index is 12.2. The maximum Gasteiger partial charge on any atom is 0.261 e. The Hall–Kier alpha value is -1.89. The average Bonchev–Trinajstić information content (AvgIpc) is 3.05. The number of hydrogen-bond acceptors (Lipinski definition) is 4. The highest BCUT2D eigenvalue weighted by Gasteiger charge is 2.47. The maximum absolute atomic E-state index is 12.2. The van der Waals surface area contributed by atoms with Gasteiger partial charge in [-0.25, -0.2) is 0 Å². The van der Waals surface area contributed by atoms with E-state index < -0.39 is 6.04 Å². The number of piperazine rings is 1. The minimum absolute atomic E-state index is 0.0510. The first-order valence-corrected chi connectivity index (χ1v) is 7.34. The summed E-state index contributed by atoms with van der Waals surface area (Å²) >= 11 is 1.36. The second-order valence-electron chi connectivity index (χ2n) is 5.07. The summed E-state index contributed by atoms with van der Waals surface area (Å²) in [7, 11) is 1.62. The molecule has 0 bridgehead atoms. The van der Waals surface area contributed by atoms with E-state index in [1.54, 1.807) is 18.0 Å². The molecule has 106 valence electrons. The fraction of sp³-hybridized carbons (Fsp3) is 0.462. The lowest BCUT2D eigenvalue weighted by molar-refractivity contribution is -0.152. The number of fused-ring (bicyclic) bond motifs is 1. The highest BCUT2D eigenvalue weighted by atomic mass is 32.1. The first-order valence-electron chi connectivity index (χ1n) is 6.47. The highest BCUT2D eigenvalue weighted by Crippen LogP contribution is 2.24. The molecule has 0 aromatic carbocycles. The average molecular weight is 293 g/mol. The molecule has 2 aliphatic heterocycles. The summed E-state index contributed by atoms with van der Waals surface area (Å²) in [5, 5.41) is 4.71. The Balaban J connectivity index is 1.76. The highest BCUT2D eigenvalue weighted by molar-refractivity contribution is 7.12. The molecule has 0 saturated carbocycles. The zero-order valence-corrected chi connectivity index (χ0v) is 11.9. The molecular formula is C13H15N3O3S. The third-order valence-electron chi connectivity index (χ3n) is 3.78. The molecule has 3 rings (SSSR count). The van der Waals surface area contributed by atoms with Gasteiger partial charge in [-0.15, -0.1) is 11.3 Å². The van der Waals surface area contributed by atoms with Gasteiger partial charge < -0.3 is 15.1 Å². The van der Waals surface area contributed by atoms with E-state index in [0.29, 0.717) is 17.8 Å². The van der Waals surface area contributed by atoms with Gasteiger partial charge in [0.25, 0.3) is 5.91 Å². The topological polar surface area (TPSA) is 69.7 Å². The van der Waals surface area contributed by atoms with Crippen LogP contribution < -0.4 is 5.32 Å². The Morgan fingerprint density at radius 1 is 1.45 bits per heavy atom. The van der Waals surface area contributed by atoms with Gasteiger partial charge in [-0.1, -0.05) is 6.07 Å². The molecule has 0 radical (unpaired) electrons. The Morgan fingerprint density at radius 3 is 2.95 bits per heavy atom. The summed E-state index contributed by atoms with van der Waals surface area (Å²) in [6, 6.07) is 2.70. The first-order chi connectivity index (χ1) is 9.58. The Labute approximate surface area is 120 Å². The van der Waals surface area contributed by atoms with Crippen LogP contribution in [0.2, 0.25) is 0 Å². The zero-order chi connectivity index (χ0) is 14.3. The molecule has 6 nitrogen and oxygen atoms in total. The van der Waals surface area contributed by atoms with E-state index in [1.165, 1.54) is 16.2 Å². The van der Waals surface area contributed by atoms with Crippen molar-refractivity contribution in [2.75, 3.05) is 20.1 Å².